The van der Waals surface area contributed by atoms with Crippen LogP contribution in [0.3, 0.4) is 0 Å². The second-order valence-electron chi connectivity index (χ2n) is 12.0. The number of thiophene rings is 1. The molecule has 0 aliphatic carbocycles. The predicted molar refractivity (Wildman–Crippen MR) is 200 cm³/mol. The molecule has 6 nitrogen and oxygen atoms in total. The van der Waals surface area contributed by atoms with E-state index in [2.05, 4.69) is 73.3 Å². The lowest BCUT2D eigenvalue weighted by atomic mass is 9.96. The molecule has 2 aliphatic rings. The molecule has 0 fully saturated rings. The van der Waals surface area contributed by atoms with Crippen molar-refractivity contribution in [2.24, 2.45) is 5.16 Å². The quantitative estimate of drug-likeness (QED) is 0.130. The first-order valence-electron chi connectivity index (χ1n) is 17.1. The van der Waals surface area contributed by atoms with Gasteiger partial charge in [0.1, 0.15) is 17.2 Å². The molecule has 0 amide bonds. The molecule has 1 N–H and O–H groups in total. The van der Waals surface area contributed by atoms with Crippen molar-refractivity contribution < 1.29 is 19.5 Å². The first-order valence-corrected chi connectivity index (χ1v) is 17.9. The number of rotatable bonds is 15. The molecule has 3 aromatic rings. The number of likely N-dealkylation sites (N-methyl/N-ethyl adjacent to an activating group) is 1. The molecule has 0 saturated carbocycles. The molecule has 7 heteroatoms. The van der Waals surface area contributed by atoms with Gasteiger partial charge >= 0.3 is 5.97 Å². The number of hydrogen-bond acceptors (Lipinski definition) is 7. The number of benzene rings is 2. The molecular weight excluding hydrogens is 617 g/mol. The SMILES string of the molecule is CCCCc1c(/C=C/C2=CC(=C3\C(=O)ON=C3c3ccccc3)/C=C(C)O2)sc(/C=C/c2ccc(N(CC)CCO)cc2)c1CCCC. The molecular formula is C41H46N2O4S. The van der Waals surface area contributed by atoms with E-state index in [0.717, 1.165) is 67.5 Å². The van der Waals surface area contributed by atoms with E-state index in [4.69, 9.17) is 9.57 Å². The molecule has 2 aliphatic heterocycles. The van der Waals surface area contributed by atoms with Crippen molar-refractivity contribution in [2.75, 3.05) is 24.6 Å². The van der Waals surface area contributed by atoms with Crippen molar-refractivity contribution in [3.8, 4) is 0 Å². The minimum Gasteiger partial charge on any atom is -0.462 e. The second kappa shape index (κ2) is 17.1. The summed E-state index contributed by atoms with van der Waals surface area (Å²) in [4.78, 5) is 22.7. The number of allylic oxidation sites excluding steroid dienone is 5. The lowest BCUT2D eigenvalue weighted by molar-refractivity contribution is -0.136. The Hall–Kier alpha value is -4.46. The summed E-state index contributed by atoms with van der Waals surface area (Å²) in [5, 5.41) is 13.5. The number of ether oxygens (including phenoxy) is 1. The van der Waals surface area contributed by atoms with Gasteiger partial charge in [0.15, 0.2) is 0 Å². The minimum atomic E-state index is -0.464. The van der Waals surface area contributed by atoms with Crippen molar-refractivity contribution in [3.63, 3.8) is 0 Å². The first kappa shape index (κ1) is 34.9. The van der Waals surface area contributed by atoms with Gasteiger partial charge in [-0.2, -0.15) is 0 Å². The Morgan fingerprint density at radius 1 is 0.854 bits per heavy atom. The Morgan fingerprint density at radius 3 is 2.15 bits per heavy atom. The summed E-state index contributed by atoms with van der Waals surface area (Å²) in [6.45, 7) is 10.1. The summed E-state index contributed by atoms with van der Waals surface area (Å²) in [6.07, 6.45) is 19.0. The van der Waals surface area contributed by atoms with Crippen LogP contribution in [0.15, 0.2) is 101 Å². The third-order valence-electron chi connectivity index (χ3n) is 8.51. The maximum atomic E-state index is 12.8. The molecule has 0 unspecified atom stereocenters. The average Bonchev–Trinajstić information content (AvgIpc) is 3.66. The van der Waals surface area contributed by atoms with Gasteiger partial charge < -0.3 is 19.6 Å². The number of carbonyl (C=O) groups is 1. The molecule has 0 atom stereocenters. The molecule has 1 aromatic heterocycles. The van der Waals surface area contributed by atoms with Crippen LogP contribution in [0.1, 0.15) is 85.4 Å². The van der Waals surface area contributed by atoms with E-state index in [0.29, 0.717) is 29.3 Å². The van der Waals surface area contributed by atoms with E-state index >= 15 is 0 Å². The molecule has 250 valence electrons. The Kier molecular flexibility index (Phi) is 12.4. The van der Waals surface area contributed by atoms with Crippen LogP contribution in [0.2, 0.25) is 0 Å². The standard InChI is InChI=1S/C41H46N2O4S/c1-5-8-15-35-36(16-9-6-2)38(48-37(35)23-19-30-17-20-33(21-18-30)43(7-3)25-26-44)24-22-34-28-32(27-29(4)46-34)39-40(42-47-41(39)45)31-13-11-10-12-14-31/h10-14,17-24,27-28,44H,5-9,15-16,25-26H2,1-4H3/b23-19+,24-22+,39-32-. The minimum absolute atomic E-state index is 0.142. The van der Waals surface area contributed by atoms with E-state index < -0.39 is 5.97 Å². The van der Waals surface area contributed by atoms with Crippen LogP contribution < -0.4 is 4.90 Å². The van der Waals surface area contributed by atoms with Gasteiger partial charge in [-0.25, -0.2) is 4.79 Å². The summed E-state index contributed by atoms with van der Waals surface area (Å²) >= 11 is 1.83. The number of aliphatic hydroxyl groups excluding tert-OH is 1. The van der Waals surface area contributed by atoms with Crippen LogP contribution in [-0.4, -0.2) is 36.5 Å². The van der Waals surface area contributed by atoms with Crippen LogP contribution >= 0.6 is 11.3 Å². The molecule has 2 aromatic carbocycles. The van der Waals surface area contributed by atoms with Crippen molar-refractivity contribution in [1.29, 1.82) is 0 Å². The Morgan fingerprint density at radius 2 is 1.52 bits per heavy atom. The van der Waals surface area contributed by atoms with Gasteiger partial charge in [0, 0.05) is 34.1 Å². The first-order chi connectivity index (χ1) is 23.4. The normalized spacial score (nSPS) is 16.3. The van der Waals surface area contributed by atoms with Gasteiger partial charge in [0.25, 0.3) is 0 Å². The molecule has 0 bridgehead atoms. The smallest absolute Gasteiger partial charge is 0.368 e. The van der Waals surface area contributed by atoms with Gasteiger partial charge in [0.05, 0.1) is 12.2 Å². The van der Waals surface area contributed by atoms with Crippen LogP contribution in [0.5, 0.6) is 0 Å². The topological polar surface area (TPSA) is 71.4 Å². The molecule has 3 heterocycles. The highest BCUT2D eigenvalue weighted by molar-refractivity contribution is 7.14. The molecule has 48 heavy (non-hydrogen) atoms. The van der Waals surface area contributed by atoms with Crippen molar-refractivity contribution >= 4 is 46.9 Å². The second-order valence-corrected chi connectivity index (χ2v) is 13.1. The highest BCUT2D eigenvalue weighted by atomic mass is 32.1. The van der Waals surface area contributed by atoms with E-state index in [9.17, 15) is 9.90 Å². The number of hydrogen-bond donors (Lipinski definition) is 1. The highest BCUT2D eigenvalue weighted by Gasteiger charge is 2.30. The van der Waals surface area contributed by atoms with Gasteiger partial charge in [-0.15, -0.1) is 11.3 Å². The lowest BCUT2D eigenvalue weighted by Crippen LogP contribution is -2.25. The zero-order chi connectivity index (χ0) is 33.9. The fourth-order valence-electron chi connectivity index (χ4n) is 5.99. The summed E-state index contributed by atoms with van der Waals surface area (Å²) in [7, 11) is 0. The fraction of sp³-hybridized carbons (Fsp3) is 0.317. The van der Waals surface area contributed by atoms with Gasteiger partial charge in [-0.1, -0.05) is 80.4 Å². The number of anilines is 1. The van der Waals surface area contributed by atoms with E-state index in [1.54, 1.807) is 0 Å². The zero-order valence-electron chi connectivity index (χ0n) is 28.5. The Labute approximate surface area is 289 Å². The average molecular weight is 663 g/mol. The van der Waals surface area contributed by atoms with Crippen LogP contribution in [0, 0.1) is 0 Å². The summed E-state index contributed by atoms with van der Waals surface area (Å²) in [5.41, 5.74) is 7.64. The largest absolute Gasteiger partial charge is 0.462 e. The molecule has 0 saturated heterocycles. The predicted octanol–water partition coefficient (Wildman–Crippen LogP) is 9.51. The van der Waals surface area contributed by atoms with Gasteiger partial charge in [-0.05, 0) is 104 Å². The summed E-state index contributed by atoms with van der Waals surface area (Å²) in [6, 6.07) is 18.2. The summed E-state index contributed by atoms with van der Waals surface area (Å²) < 4.78 is 6.13. The number of unbranched alkanes of at least 4 members (excludes halogenated alkanes) is 2. The van der Waals surface area contributed by atoms with E-state index in [1.807, 2.05) is 66.8 Å². The Bertz CT molecular complexity index is 1760. The third-order valence-corrected chi connectivity index (χ3v) is 9.71. The molecule has 5 rings (SSSR count). The number of aliphatic hydroxyl groups is 1. The van der Waals surface area contributed by atoms with E-state index in [-0.39, 0.29) is 6.61 Å². The van der Waals surface area contributed by atoms with Crippen molar-refractivity contribution in [2.45, 2.75) is 66.2 Å². The summed E-state index contributed by atoms with van der Waals surface area (Å²) in [5.74, 6) is 0.892. The van der Waals surface area contributed by atoms with E-state index in [1.165, 1.54) is 20.9 Å². The zero-order valence-corrected chi connectivity index (χ0v) is 29.3. The Balaban J connectivity index is 1.47. The molecule has 0 radical (unpaired) electrons. The highest BCUT2D eigenvalue weighted by Crippen LogP contribution is 2.35. The maximum Gasteiger partial charge on any atom is 0.368 e. The number of nitrogens with zero attached hydrogens (tertiary/aromatic N) is 2. The van der Waals surface area contributed by atoms with Gasteiger partial charge in [-0.3, -0.25) is 0 Å². The lowest BCUT2D eigenvalue weighted by Gasteiger charge is -2.21. The monoisotopic (exact) mass is 662 g/mol. The van der Waals surface area contributed by atoms with Crippen LogP contribution in [0.4, 0.5) is 5.69 Å². The molecule has 0 spiro atoms. The van der Waals surface area contributed by atoms with Crippen molar-refractivity contribution in [3.05, 3.63) is 127 Å². The third kappa shape index (κ3) is 8.52. The fourth-order valence-corrected chi connectivity index (χ4v) is 7.19. The van der Waals surface area contributed by atoms with Crippen molar-refractivity contribution in [1.82, 2.24) is 0 Å². The van der Waals surface area contributed by atoms with Crippen LogP contribution in [-0.2, 0) is 27.2 Å². The van der Waals surface area contributed by atoms with Crippen LogP contribution in [0.25, 0.3) is 18.2 Å². The maximum absolute atomic E-state index is 12.8. The number of carbonyl (C=O) groups excluding carboxylic acids is 1. The number of oxime groups is 1. The van der Waals surface area contributed by atoms with Gasteiger partial charge in [0.2, 0.25) is 0 Å².